The average Bonchev–Trinajstić information content (AvgIpc) is 2.40. The van der Waals surface area contributed by atoms with Gasteiger partial charge in [-0.1, -0.05) is 27.7 Å². The van der Waals surface area contributed by atoms with Crippen molar-refractivity contribution < 1.29 is 19.2 Å². The number of rotatable bonds is 10. The Hall–Kier alpha value is -1.72. The van der Waals surface area contributed by atoms with Crippen molar-refractivity contribution in [2.24, 2.45) is 11.8 Å². The molecule has 0 aliphatic rings. The largest absolute Gasteiger partial charge is 0.356 e. The predicted octanol–water partition coefficient (Wildman–Crippen LogP) is 0.839. The standard InChI is InChI=1S/C15H26N2O4/c1-10(2)12(18)6-5-7-16-14(20)8-15(21)17-9-13(19)11(3)4/h10-11H,5-9H2,1-4H3,(H,16,20)(H,17,21). The molecule has 0 aromatic carbocycles. The molecule has 0 aliphatic carbocycles. The lowest BCUT2D eigenvalue weighted by atomic mass is 10.0. The van der Waals surface area contributed by atoms with E-state index in [0.29, 0.717) is 19.4 Å². The van der Waals surface area contributed by atoms with Crippen LogP contribution in [0, 0.1) is 11.8 Å². The summed E-state index contributed by atoms with van der Waals surface area (Å²) in [6.45, 7) is 7.49. The van der Waals surface area contributed by atoms with E-state index in [1.165, 1.54) is 0 Å². The Bertz CT molecular complexity index is 389. The van der Waals surface area contributed by atoms with Crippen molar-refractivity contribution in [3.8, 4) is 0 Å². The Morgan fingerprint density at radius 1 is 0.810 bits per heavy atom. The Balaban J connectivity index is 3.77. The van der Waals surface area contributed by atoms with Gasteiger partial charge in [-0.15, -0.1) is 0 Å². The summed E-state index contributed by atoms with van der Waals surface area (Å²) >= 11 is 0. The summed E-state index contributed by atoms with van der Waals surface area (Å²) in [4.78, 5) is 45.6. The predicted molar refractivity (Wildman–Crippen MR) is 79.6 cm³/mol. The highest BCUT2D eigenvalue weighted by Gasteiger charge is 2.12. The molecule has 0 bridgehead atoms. The van der Waals surface area contributed by atoms with Gasteiger partial charge in [-0.3, -0.25) is 19.2 Å². The third-order valence-electron chi connectivity index (χ3n) is 2.99. The van der Waals surface area contributed by atoms with Gasteiger partial charge in [0, 0.05) is 24.8 Å². The Kier molecular flexibility index (Phi) is 9.25. The molecule has 0 saturated heterocycles. The molecule has 0 unspecified atom stereocenters. The molecule has 0 radical (unpaired) electrons. The van der Waals surface area contributed by atoms with Crippen molar-refractivity contribution in [1.29, 1.82) is 0 Å². The molecule has 0 aromatic heterocycles. The molecule has 0 atom stereocenters. The van der Waals surface area contributed by atoms with Crippen LogP contribution >= 0.6 is 0 Å². The quantitative estimate of drug-likeness (QED) is 0.462. The smallest absolute Gasteiger partial charge is 0.229 e. The number of Topliss-reactive ketones (excluding diaryl/α,β-unsaturated/α-hetero) is 2. The van der Waals surface area contributed by atoms with E-state index in [0.717, 1.165) is 0 Å². The van der Waals surface area contributed by atoms with Crippen molar-refractivity contribution in [3.05, 3.63) is 0 Å². The molecular formula is C15H26N2O4. The number of hydrogen-bond acceptors (Lipinski definition) is 4. The van der Waals surface area contributed by atoms with Gasteiger partial charge in [0.1, 0.15) is 12.2 Å². The highest BCUT2D eigenvalue weighted by molar-refractivity contribution is 5.98. The van der Waals surface area contributed by atoms with Crippen LogP contribution in [0.1, 0.15) is 47.0 Å². The number of nitrogens with one attached hydrogen (secondary N) is 2. The second-order valence-corrected chi connectivity index (χ2v) is 5.65. The first-order valence-electron chi connectivity index (χ1n) is 7.32. The first kappa shape index (κ1) is 19.3. The molecule has 0 rings (SSSR count). The second kappa shape index (κ2) is 10.1. The van der Waals surface area contributed by atoms with E-state index in [1.807, 2.05) is 13.8 Å². The summed E-state index contributed by atoms with van der Waals surface area (Å²) < 4.78 is 0. The van der Waals surface area contributed by atoms with E-state index >= 15 is 0 Å². The zero-order valence-corrected chi connectivity index (χ0v) is 13.3. The molecule has 6 nitrogen and oxygen atoms in total. The van der Waals surface area contributed by atoms with Crippen molar-refractivity contribution in [2.75, 3.05) is 13.1 Å². The molecule has 2 N–H and O–H groups in total. The molecule has 0 aromatic rings. The van der Waals surface area contributed by atoms with Crippen LogP contribution in [0.2, 0.25) is 0 Å². The molecule has 21 heavy (non-hydrogen) atoms. The van der Waals surface area contributed by atoms with Crippen LogP contribution in [0.3, 0.4) is 0 Å². The highest BCUT2D eigenvalue weighted by atomic mass is 16.2. The number of ketones is 2. The molecule has 0 spiro atoms. The zero-order valence-electron chi connectivity index (χ0n) is 13.3. The van der Waals surface area contributed by atoms with Crippen molar-refractivity contribution in [2.45, 2.75) is 47.0 Å². The van der Waals surface area contributed by atoms with E-state index < -0.39 is 11.8 Å². The van der Waals surface area contributed by atoms with Crippen LogP contribution in [0.4, 0.5) is 0 Å². The van der Waals surface area contributed by atoms with Gasteiger partial charge in [0.25, 0.3) is 0 Å². The maximum Gasteiger partial charge on any atom is 0.229 e. The van der Waals surface area contributed by atoms with E-state index in [4.69, 9.17) is 0 Å². The van der Waals surface area contributed by atoms with E-state index in [-0.39, 0.29) is 36.4 Å². The maximum atomic E-state index is 11.5. The Labute approximate surface area is 126 Å². The van der Waals surface area contributed by atoms with Crippen molar-refractivity contribution in [1.82, 2.24) is 10.6 Å². The Morgan fingerprint density at radius 2 is 1.33 bits per heavy atom. The summed E-state index contributed by atoms with van der Waals surface area (Å²) in [6.07, 6.45) is 0.687. The van der Waals surface area contributed by atoms with Gasteiger partial charge < -0.3 is 10.6 Å². The first-order chi connectivity index (χ1) is 9.73. The minimum absolute atomic E-state index is 0.00461. The van der Waals surface area contributed by atoms with Gasteiger partial charge in [-0.2, -0.15) is 0 Å². The maximum absolute atomic E-state index is 11.5. The third-order valence-corrected chi connectivity index (χ3v) is 2.99. The highest BCUT2D eigenvalue weighted by Crippen LogP contribution is 2.00. The fourth-order valence-corrected chi connectivity index (χ4v) is 1.44. The fraction of sp³-hybridized carbons (Fsp3) is 0.733. The lowest BCUT2D eigenvalue weighted by Gasteiger charge is -2.08. The van der Waals surface area contributed by atoms with Crippen LogP contribution in [-0.2, 0) is 19.2 Å². The summed E-state index contributed by atoms with van der Waals surface area (Å²) in [5.74, 6) is -0.922. The number of hydrogen-bond donors (Lipinski definition) is 2. The normalized spacial score (nSPS) is 10.6. The molecule has 0 heterocycles. The summed E-state index contributed by atoms with van der Waals surface area (Å²) in [6, 6.07) is 0. The molecule has 0 saturated carbocycles. The zero-order chi connectivity index (χ0) is 16.4. The second-order valence-electron chi connectivity index (χ2n) is 5.65. The average molecular weight is 298 g/mol. The van der Waals surface area contributed by atoms with E-state index in [2.05, 4.69) is 10.6 Å². The molecule has 120 valence electrons. The number of carbonyl (C=O) groups excluding carboxylic acids is 4. The minimum atomic E-state index is -0.472. The van der Waals surface area contributed by atoms with E-state index in [1.54, 1.807) is 13.8 Å². The molecule has 0 aliphatic heterocycles. The van der Waals surface area contributed by atoms with Crippen LogP contribution in [0.5, 0.6) is 0 Å². The number of amides is 2. The first-order valence-corrected chi connectivity index (χ1v) is 7.32. The van der Waals surface area contributed by atoms with Gasteiger partial charge in [0.05, 0.1) is 6.54 Å². The van der Waals surface area contributed by atoms with E-state index in [9.17, 15) is 19.2 Å². The van der Waals surface area contributed by atoms with Gasteiger partial charge in [-0.05, 0) is 6.42 Å². The molecular weight excluding hydrogens is 272 g/mol. The summed E-state index contributed by atoms with van der Waals surface area (Å²) in [5.41, 5.74) is 0. The van der Waals surface area contributed by atoms with Gasteiger partial charge >= 0.3 is 0 Å². The molecule has 6 heteroatoms. The van der Waals surface area contributed by atoms with Crippen molar-refractivity contribution >= 4 is 23.4 Å². The lowest BCUT2D eigenvalue weighted by molar-refractivity contribution is -0.131. The SMILES string of the molecule is CC(C)C(=O)CCCNC(=O)CC(=O)NCC(=O)C(C)C. The Morgan fingerprint density at radius 3 is 1.86 bits per heavy atom. The van der Waals surface area contributed by atoms with Crippen molar-refractivity contribution in [3.63, 3.8) is 0 Å². The van der Waals surface area contributed by atoms with Crippen LogP contribution in [0.25, 0.3) is 0 Å². The fourth-order valence-electron chi connectivity index (χ4n) is 1.44. The third kappa shape index (κ3) is 9.76. The molecule has 0 fully saturated rings. The topological polar surface area (TPSA) is 92.3 Å². The van der Waals surface area contributed by atoms with Crippen LogP contribution < -0.4 is 10.6 Å². The lowest BCUT2D eigenvalue weighted by Crippen LogP contribution is -2.36. The van der Waals surface area contributed by atoms with Gasteiger partial charge in [-0.25, -0.2) is 0 Å². The van der Waals surface area contributed by atoms with Gasteiger partial charge in [0.15, 0.2) is 5.78 Å². The monoisotopic (exact) mass is 298 g/mol. The minimum Gasteiger partial charge on any atom is -0.356 e. The van der Waals surface area contributed by atoms with Crippen LogP contribution in [0.15, 0.2) is 0 Å². The summed E-state index contributed by atoms with van der Waals surface area (Å²) in [7, 11) is 0. The van der Waals surface area contributed by atoms with Crippen LogP contribution in [-0.4, -0.2) is 36.5 Å². The molecule has 2 amide bonds. The van der Waals surface area contributed by atoms with Gasteiger partial charge in [0.2, 0.25) is 11.8 Å². The number of carbonyl (C=O) groups is 4. The summed E-state index contributed by atoms with van der Waals surface area (Å²) in [5, 5.41) is 5.00.